The second kappa shape index (κ2) is 13.2. The fourth-order valence-electron chi connectivity index (χ4n) is 5.64. The topological polar surface area (TPSA) is 144 Å². The lowest BCUT2D eigenvalue weighted by Crippen LogP contribution is -2.53. The molecule has 0 aromatic heterocycles. The summed E-state index contributed by atoms with van der Waals surface area (Å²) in [6.07, 6.45) is -1.38. The van der Waals surface area contributed by atoms with Crippen molar-refractivity contribution in [2.45, 2.75) is 68.3 Å². The average molecular weight is 591 g/mol. The monoisotopic (exact) mass is 590 g/mol. The summed E-state index contributed by atoms with van der Waals surface area (Å²) < 4.78 is 51.4. The minimum atomic E-state index is -4.08. The summed E-state index contributed by atoms with van der Waals surface area (Å²) in [6, 6.07) is 12.6. The molecule has 3 aliphatic rings. The zero-order chi connectivity index (χ0) is 29.0. The summed E-state index contributed by atoms with van der Waals surface area (Å²) >= 11 is 0. The largest absolute Gasteiger partial charge is 0.443 e. The van der Waals surface area contributed by atoms with E-state index in [0.29, 0.717) is 25.2 Å². The molecule has 0 radical (unpaired) electrons. The molecule has 0 saturated carbocycles. The lowest BCUT2D eigenvalue weighted by Gasteiger charge is -2.32. The number of nitrogens with zero attached hydrogens (tertiary/aromatic N) is 1. The van der Waals surface area contributed by atoms with E-state index in [1.165, 1.54) is 16.4 Å². The Kier molecular flexibility index (Phi) is 9.59. The Hall–Kier alpha value is -2.58. The van der Waals surface area contributed by atoms with Crippen molar-refractivity contribution in [1.82, 2.24) is 9.62 Å². The standard InChI is InChI=1S/C29H38N2O9S/c1-19-7-8-23(14-21(19)16-32)41(35,36)31(22-9-11-37-17-22)15-26(33)25(13-20-5-3-2-4-6-20)30-29(34)40-27-18-39-28-24(27)10-12-38-28/h2-8,14,22,24-28,32-33H,9-13,15-18H2,1H3,(H,30,34)/t22?,24?,25-,26+,27-,28+/m0/s1. The summed E-state index contributed by atoms with van der Waals surface area (Å²) in [5.74, 6) is -0.0421. The fraction of sp³-hybridized carbons (Fsp3) is 0.552. The van der Waals surface area contributed by atoms with Crippen LogP contribution in [0.1, 0.15) is 29.5 Å². The molecule has 5 rings (SSSR count). The van der Waals surface area contributed by atoms with E-state index in [-0.39, 0.29) is 49.9 Å². The summed E-state index contributed by atoms with van der Waals surface area (Å²) in [5, 5.41) is 24.0. The van der Waals surface area contributed by atoms with Crippen molar-refractivity contribution in [1.29, 1.82) is 0 Å². The van der Waals surface area contributed by atoms with E-state index < -0.39 is 40.4 Å². The normalized spacial score (nSPS) is 25.7. The van der Waals surface area contributed by atoms with Crippen LogP contribution in [0.3, 0.4) is 0 Å². The number of carbonyl (C=O) groups excluding carboxylic acids is 1. The van der Waals surface area contributed by atoms with Crippen molar-refractivity contribution in [3.63, 3.8) is 0 Å². The summed E-state index contributed by atoms with van der Waals surface area (Å²) in [6.45, 7) is 2.59. The van der Waals surface area contributed by atoms with Gasteiger partial charge in [-0.05, 0) is 55.0 Å². The van der Waals surface area contributed by atoms with Crippen LogP contribution >= 0.6 is 0 Å². The first-order valence-electron chi connectivity index (χ1n) is 14.0. The van der Waals surface area contributed by atoms with Crippen LogP contribution in [0.25, 0.3) is 0 Å². The van der Waals surface area contributed by atoms with Gasteiger partial charge in [-0.2, -0.15) is 4.31 Å². The summed E-state index contributed by atoms with van der Waals surface area (Å²) in [7, 11) is -4.08. The number of hydrogen-bond acceptors (Lipinski definition) is 9. The van der Waals surface area contributed by atoms with Gasteiger partial charge in [0.1, 0.15) is 6.10 Å². The van der Waals surface area contributed by atoms with Crippen LogP contribution in [-0.4, -0.2) is 92.6 Å². The molecule has 0 spiro atoms. The van der Waals surface area contributed by atoms with Crippen molar-refractivity contribution >= 4 is 16.1 Å². The highest BCUT2D eigenvalue weighted by molar-refractivity contribution is 7.89. The van der Waals surface area contributed by atoms with Crippen LogP contribution in [-0.2, 0) is 42.0 Å². The quantitative estimate of drug-likeness (QED) is 0.356. The molecule has 1 amide bonds. The molecule has 3 fully saturated rings. The van der Waals surface area contributed by atoms with E-state index in [1.807, 2.05) is 30.3 Å². The molecular formula is C29H38N2O9S. The van der Waals surface area contributed by atoms with Crippen molar-refractivity contribution in [2.75, 3.05) is 33.0 Å². The molecule has 41 heavy (non-hydrogen) atoms. The number of amides is 1. The van der Waals surface area contributed by atoms with Gasteiger partial charge in [-0.15, -0.1) is 0 Å². The Morgan fingerprint density at radius 2 is 1.93 bits per heavy atom. The number of fused-ring (bicyclic) bond motifs is 1. The molecule has 3 saturated heterocycles. The Bertz CT molecular complexity index is 1290. The second-order valence-electron chi connectivity index (χ2n) is 10.8. The molecular weight excluding hydrogens is 552 g/mol. The van der Waals surface area contributed by atoms with Gasteiger partial charge in [-0.25, -0.2) is 13.2 Å². The third kappa shape index (κ3) is 6.91. The number of aryl methyl sites for hydroxylation is 1. The molecule has 6 atom stereocenters. The summed E-state index contributed by atoms with van der Waals surface area (Å²) in [5.41, 5.74) is 2.14. The maximum Gasteiger partial charge on any atom is 0.407 e. The van der Waals surface area contributed by atoms with Gasteiger partial charge < -0.3 is 34.5 Å². The number of nitrogens with one attached hydrogen (secondary N) is 1. The molecule has 12 heteroatoms. The van der Waals surface area contributed by atoms with Crippen LogP contribution in [0.15, 0.2) is 53.4 Å². The Balaban J connectivity index is 1.36. The SMILES string of the molecule is Cc1ccc(S(=O)(=O)N(C[C@@H](O)[C@H](Cc2ccccc2)NC(=O)O[C@H]2CO[C@H]3OCCC32)C2CCOC2)cc1CO. The highest BCUT2D eigenvalue weighted by atomic mass is 32.2. The lowest BCUT2D eigenvalue weighted by atomic mass is 10.0. The fourth-order valence-corrected chi connectivity index (χ4v) is 7.35. The van der Waals surface area contributed by atoms with Crippen LogP contribution in [0.4, 0.5) is 4.79 Å². The molecule has 2 aromatic rings. The number of sulfonamides is 1. The van der Waals surface area contributed by atoms with Crippen LogP contribution < -0.4 is 5.32 Å². The molecule has 0 aliphatic carbocycles. The third-order valence-corrected chi connectivity index (χ3v) is 10.0. The van der Waals surface area contributed by atoms with Crippen molar-refractivity contribution < 1.29 is 42.4 Å². The highest BCUT2D eigenvalue weighted by Crippen LogP contribution is 2.33. The number of ether oxygens (including phenoxy) is 4. The van der Waals surface area contributed by atoms with Gasteiger partial charge in [0.25, 0.3) is 0 Å². The van der Waals surface area contributed by atoms with Gasteiger partial charge in [0.2, 0.25) is 10.0 Å². The molecule has 0 bridgehead atoms. The Morgan fingerprint density at radius 3 is 2.66 bits per heavy atom. The summed E-state index contributed by atoms with van der Waals surface area (Å²) in [4.78, 5) is 13.1. The lowest BCUT2D eigenvalue weighted by molar-refractivity contribution is -0.0907. The van der Waals surface area contributed by atoms with E-state index in [9.17, 15) is 23.4 Å². The van der Waals surface area contributed by atoms with E-state index in [1.54, 1.807) is 13.0 Å². The molecule has 224 valence electrons. The van der Waals surface area contributed by atoms with Crippen LogP contribution in [0.2, 0.25) is 0 Å². The zero-order valence-corrected chi connectivity index (χ0v) is 23.9. The average Bonchev–Trinajstić information content (AvgIpc) is 3.73. The van der Waals surface area contributed by atoms with Crippen molar-refractivity contribution in [2.24, 2.45) is 5.92 Å². The Morgan fingerprint density at radius 1 is 1.12 bits per heavy atom. The first-order chi connectivity index (χ1) is 19.8. The second-order valence-corrected chi connectivity index (χ2v) is 12.7. The number of carbonyl (C=O) groups is 1. The first-order valence-corrected chi connectivity index (χ1v) is 15.4. The van der Waals surface area contributed by atoms with Gasteiger partial charge in [0.15, 0.2) is 6.29 Å². The van der Waals surface area contributed by atoms with Gasteiger partial charge in [-0.3, -0.25) is 0 Å². The number of aliphatic hydroxyl groups excluding tert-OH is 2. The van der Waals surface area contributed by atoms with Crippen LogP contribution in [0.5, 0.6) is 0 Å². The van der Waals surface area contributed by atoms with E-state index in [2.05, 4.69) is 5.32 Å². The van der Waals surface area contributed by atoms with E-state index >= 15 is 0 Å². The Labute approximate surface area is 240 Å². The first kappa shape index (κ1) is 29.9. The number of benzene rings is 2. The van der Waals surface area contributed by atoms with Gasteiger partial charge in [-0.1, -0.05) is 36.4 Å². The van der Waals surface area contributed by atoms with Crippen molar-refractivity contribution in [3.8, 4) is 0 Å². The van der Waals surface area contributed by atoms with E-state index in [0.717, 1.165) is 17.5 Å². The minimum Gasteiger partial charge on any atom is -0.443 e. The minimum absolute atomic E-state index is 0.0211. The predicted molar refractivity (Wildman–Crippen MR) is 147 cm³/mol. The molecule has 2 unspecified atom stereocenters. The van der Waals surface area contributed by atoms with Crippen LogP contribution in [0, 0.1) is 12.8 Å². The number of aliphatic hydroxyl groups is 2. The maximum atomic E-state index is 13.9. The number of alkyl carbamates (subject to hydrolysis) is 1. The smallest absolute Gasteiger partial charge is 0.407 e. The number of rotatable bonds is 11. The highest BCUT2D eigenvalue weighted by Gasteiger charge is 2.44. The molecule has 2 aromatic carbocycles. The van der Waals surface area contributed by atoms with E-state index in [4.69, 9.17) is 18.9 Å². The predicted octanol–water partition coefficient (Wildman–Crippen LogP) is 1.73. The molecule has 3 heterocycles. The zero-order valence-electron chi connectivity index (χ0n) is 23.1. The van der Waals surface area contributed by atoms with Gasteiger partial charge in [0, 0.05) is 13.2 Å². The molecule has 11 nitrogen and oxygen atoms in total. The number of hydrogen-bond donors (Lipinski definition) is 3. The van der Waals surface area contributed by atoms with Gasteiger partial charge >= 0.3 is 6.09 Å². The molecule has 3 N–H and O–H groups in total. The van der Waals surface area contributed by atoms with Gasteiger partial charge in [0.05, 0.1) is 55.4 Å². The third-order valence-electron chi connectivity index (χ3n) is 8.09. The molecule has 3 aliphatic heterocycles. The van der Waals surface area contributed by atoms with Crippen molar-refractivity contribution in [3.05, 3.63) is 65.2 Å². The maximum absolute atomic E-state index is 13.9.